The standard InChI is InChI=1S/C31H26F2N4O7/c1-42-27-15-21-25(16-28(27)43-2)34-11-10-26(21)44-20-8-9-24(23(33)14-20)35-29(39)22-17-36(12-3-13-38)31(41)37(30(22)40)19-6-4-18(32)5-7-19/h4-11,14-17,38H,3,12-13H2,1-2H3,(H,35,39). The molecular weight excluding hydrogens is 578 g/mol. The lowest BCUT2D eigenvalue weighted by Crippen LogP contribution is -2.42. The van der Waals surface area contributed by atoms with Crippen LogP contribution in [-0.2, 0) is 6.54 Å². The summed E-state index contributed by atoms with van der Waals surface area (Å²) in [6, 6.07) is 13.2. The first-order valence-electron chi connectivity index (χ1n) is 13.3. The number of benzene rings is 3. The predicted octanol–water partition coefficient (Wildman–Crippen LogP) is 4.27. The number of anilines is 1. The molecule has 0 unspecified atom stereocenters. The van der Waals surface area contributed by atoms with Crippen LogP contribution < -0.4 is 30.8 Å². The molecule has 0 aliphatic carbocycles. The Morgan fingerprint density at radius 2 is 1.68 bits per heavy atom. The number of ether oxygens (including phenoxy) is 3. The number of nitrogens with zero attached hydrogens (tertiary/aromatic N) is 3. The van der Waals surface area contributed by atoms with E-state index in [4.69, 9.17) is 14.2 Å². The lowest BCUT2D eigenvalue weighted by Gasteiger charge is -2.14. The van der Waals surface area contributed by atoms with Gasteiger partial charge in [0.2, 0.25) is 0 Å². The van der Waals surface area contributed by atoms with Crippen molar-refractivity contribution in [1.82, 2.24) is 14.1 Å². The molecule has 226 valence electrons. The van der Waals surface area contributed by atoms with Crippen LogP contribution in [0.5, 0.6) is 23.0 Å². The molecule has 0 aliphatic rings. The molecule has 2 heterocycles. The number of aromatic nitrogens is 3. The maximum Gasteiger partial charge on any atom is 0.335 e. The molecule has 44 heavy (non-hydrogen) atoms. The van der Waals surface area contributed by atoms with Crippen molar-refractivity contribution in [1.29, 1.82) is 0 Å². The first kappa shape index (κ1) is 29.9. The number of hydrogen-bond acceptors (Lipinski definition) is 8. The van der Waals surface area contributed by atoms with Gasteiger partial charge in [0.15, 0.2) is 11.5 Å². The number of nitrogens with one attached hydrogen (secondary N) is 1. The van der Waals surface area contributed by atoms with E-state index in [1.807, 2.05) is 0 Å². The minimum atomic E-state index is -0.989. The zero-order valence-electron chi connectivity index (χ0n) is 23.5. The molecule has 5 rings (SSSR count). The van der Waals surface area contributed by atoms with Gasteiger partial charge in [-0.15, -0.1) is 0 Å². The number of pyridine rings is 1. The van der Waals surface area contributed by atoms with Gasteiger partial charge < -0.3 is 24.6 Å². The Kier molecular flexibility index (Phi) is 8.67. The molecule has 0 saturated carbocycles. The lowest BCUT2D eigenvalue weighted by molar-refractivity contribution is 0.102. The number of hydrogen-bond donors (Lipinski definition) is 2. The summed E-state index contributed by atoms with van der Waals surface area (Å²) in [6.07, 6.45) is 2.72. The van der Waals surface area contributed by atoms with E-state index in [9.17, 15) is 23.9 Å². The third-order valence-corrected chi connectivity index (χ3v) is 6.67. The van der Waals surface area contributed by atoms with E-state index in [-0.39, 0.29) is 36.7 Å². The zero-order valence-corrected chi connectivity index (χ0v) is 23.5. The number of aryl methyl sites for hydroxylation is 1. The topological polar surface area (TPSA) is 134 Å². The first-order valence-corrected chi connectivity index (χ1v) is 13.3. The first-order chi connectivity index (χ1) is 21.2. The molecule has 1 amide bonds. The molecule has 0 bridgehead atoms. The van der Waals surface area contributed by atoms with E-state index in [1.54, 1.807) is 18.2 Å². The Bertz CT molecular complexity index is 1970. The highest BCUT2D eigenvalue weighted by molar-refractivity contribution is 6.04. The van der Waals surface area contributed by atoms with Gasteiger partial charge in [0, 0.05) is 43.1 Å². The maximum absolute atomic E-state index is 15.2. The molecule has 3 aromatic carbocycles. The smallest absolute Gasteiger partial charge is 0.335 e. The van der Waals surface area contributed by atoms with Crippen molar-refractivity contribution in [3.63, 3.8) is 0 Å². The fourth-order valence-corrected chi connectivity index (χ4v) is 4.49. The number of halogens is 2. The Labute approximate surface area is 248 Å². The molecule has 0 atom stereocenters. The van der Waals surface area contributed by atoms with Gasteiger partial charge in [-0.3, -0.25) is 19.1 Å². The largest absolute Gasteiger partial charge is 0.493 e. The van der Waals surface area contributed by atoms with Gasteiger partial charge in [0.1, 0.15) is 28.7 Å². The highest BCUT2D eigenvalue weighted by atomic mass is 19.1. The van der Waals surface area contributed by atoms with Crippen molar-refractivity contribution in [3.8, 4) is 28.7 Å². The van der Waals surface area contributed by atoms with Gasteiger partial charge in [0.25, 0.3) is 11.5 Å². The number of rotatable bonds is 10. The minimum Gasteiger partial charge on any atom is -0.493 e. The quantitative estimate of drug-likeness (QED) is 0.242. The fraction of sp³-hybridized carbons (Fsp3) is 0.161. The number of methoxy groups -OCH3 is 2. The number of aliphatic hydroxyl groups excluding tert-OH is 1. The van der Waals surface area contributed by atoms with Crippen LogP contribution in [0.1, 0.15) is 16.8 Å². The number of carbonyl (C=O) groups is 1. The summed E-state index contributed by atoms with van der Waals surface area (Å²) in [7, 11) is 2.99. The maximum atomic E-state index is 15.2. The molecule has 13 heteroatoms. The van der Waals surface area contributed by atoms with Crippen LogP contribution in [0.2, 0.25) is 0 Å². The summed E-state index contributed by atoms with van der Waals surface area (Å²) in [5, 5.41) is 12.2. The molecule has 0 radical (unpaired) electrons. The average Bonchev–Trinajstić information content (AvgIpc) is 3.02. The molecule has 2 N–H and O–H groups in total. The summed E-state index contributed by atoms with van der Waals surface area (Å²) < 4.78 is 47.1. The van der Waals surface area contributed by atoms with Crippen molar-refractivity contribution in [2.45, 2.75) is 13.0 Å². The molecule has 0 fully saturated rings. The van der Waals surface area contributed by atoms with Gasteiger partial charge in [0.05, 0.1) is 31.1 Å². The van der Waals surface area contributed by atoms with Crippen molar-refractivity contribution >= 4 is 22.5 Å². The van der Waals surface area contributed by atoms with E-state index < -0.39 is 34.4 Å². The van der Waals surface area contributed by atoms with Crippen LogP contribution >= 0.6 is 0 Å². The number of aliphatic hydroxyl groups is 1. The zero-order chi connectivity index (χ0) is 31.4. The summed E-state index contributed by atoms with van der Waals surface area (Å²) in [5.74, 6) is -1.04. The van der Waals surface area contributed by atoms with E-state index in [0.717, 1.165) is 29.0 Å². The summed E-state index contributed by atoms with van der Waals surface area (Å²) in [6.45, 7) is -0.264. The number of fused-ring (bicyclic) bond motifs is 1. The van der Waals surface area contributed by atoms with Crippen LogP contribution in [0, 0.1) is 11.6 Å². The normalized spacial score (nSPS) is 10.9. The van der Waals surface area contributed by atoms with Gasteiger partial charge in [-0.25, -0.2) is 18.1 Å². The second-order valence-electron chi connectivity index (χ2n) is 9.44. The van der Waals surface area contributed by atoms with E-state index in [2.05, 4.69) is 10.3 Å². The lowest BCUT2D eigenvalue weighted by atomic mass is 10.2. The minimum absolute atomic E-state index is 0.0141. The molecular formula is C31H26F2N4O7. The van der Waals surface area contributed by atoms with Crippen LogP contribution in [0.3, 0.4) is 0 Å². The molecule has 11 nitrogen and oxygen atoms in total. The molecule has 5 aromatic rings. The Hall–Kier alpha value is -5.56. The van der Waals surface area contributed by atoms with Crippen LogP contribution in [0.25, 0.3) is 16.6 Å². The Balaban J connectivity index is 1.45. The monoisotopic (exact) mass is 604 g/mol. The van der Waals surface area contributed by atoms with Crippen molar-refractivity contribution in [3.05, 3.63) is 111 Å². The van der Waals surface area contributed by atoms with E-state index in [1.165, 1.54) is 44.7 Å². The molecule has 0 saturated heterocycles. The van der Waals surface area contributed by atoms with Gasteiger partial charge in [-0.05, 0) is 55.0 Å². The van der Waals surface area contributed by atoms with Gasteiger partial charge in [-0.1, -0.05) is 0 Å². The third-order valence-electron chi connectivity index (χ3n) is 6.67. The molecule has 0 spiro atoms. The van der Waals surface area contributed by atoms with Crippen LogP contribution in [0.15, 0.2) is 82.6 Å². The van der Waals surface area contributed by atoms with Crippen molar-refractivity contribution in [2.24, 2.45) is 0 Å². The number of amides is 1. The predicted molar refractivity (Wildman–Crippen MR) is 157 cm³/mol. The fourth-order valence-electron chi connectivity index (χ4n) is 4.49. The van der Waals surface area contributed by atoms with Crippen molar-refractivity contribution < 1.29 is 32.9 Å². The van der Waals surface area contributed by atoms with Crippen LogP contribution in [0.4, 0.5) is 14.5 Å². The SMILES string of the molecule is COc1cc2nccc(Oc3ccc(NC(=O)c4cn(CCCO)c(=O)n(-c5ccc(F)cc5)c4=O)c(F)c3)c2cc1OC. The van der Waals surface area contributed by atoms with Gasteiger partial charge in [-0.2, -0.15) is 0 Å². The second kappa shape index (κ2) is 12.8. The van der Waals surface area contributed by atoms with E-state index >= 15 is 4.39 Å². The third kappa shape index (κ3) is 5.99. The summed E-state index contributed by atoms with van der Waals surface area (Å²) in [4.78, 5) is 43.8. The highest BCUT2D eigenvalue weighted by Crippen LogP contribution is 2.37. The highest BCUT2D eigenvalue weighted by Gasteiger charge is 2.20. The summed E-state index contributed by atoms with van der Waals surface area (Å²) >= 11 is 0. The van der Waals surface area contributed by atoms with E-state index in [0.29, 0.717) is 32.7 Å². The van der Waals surface area contributed by atoms with Crippen LogP contribution in [-0.4, -0.2) is 46.0 Å². The Morgan fingerprint density at radius 1 is 0.955 bits per heavy atom. The Morgan fingerprint density at radius 3 is 2.36 bits per heavy atom. The number of carbonyl (C=O) groups excluding carboxylic acids is 1. The average molecular weight is 605 g/mol. The van der Waals surface area contributed by atoms with Crippen molar-refractivity contribution in [2.75, 3.05) is 26.1 Å². The molecule has 2 aromatic heterocycles. The van der Waals surface area contributed by atoms with Gasteiger partial charge >= 0.3 is 5.69 Å². The second-order valence-corrected chi connectivity index (χ2v) is 9.44. The molecule has 0 aliphatic heterocycles. The summed E-state index contributed by atoms with van der Waals surface area (Å²) in [5.41, 5.74) is -1.93.